The Balaban J connectivity index is 1.47. The Labute approximate surface area is 208 Å². The van der Waals surface area contributed by atoms with Gasteiger partial charge in [0.2, 0.25) is 11.8 Å². The molecule has 0 spiro atoms. The maximum atomic E-state index is 13.4. The number of ether oxygens (including phenoxy) is 1. The highest BCUT2D eigenvalue weighted by Gasteiger charge is 2.33. The van der Waals surface area contributed by atoms with E-state index in [1.165, 1.54) is 6.92 Å². The molecule has 2 heterocycles. The summed E-state index contributed by atoms with van der Waals surface area (Å²) in [6.45, 7) is 5.19. The Kier molecular flexibility index (Phi) is 7.58. The van der Waals surface area contributed by atoms with Crippen LogP contribution in [-0.2, 0) is 13.9 Å². The summed E-state index contributed by atoms with van der Waals surface area (Å²) in [5.41, 5.74) is 6.96. The van der Waals surface area contributed by atoms with Crippen molar-refractivity contribution >= 4 is 30.8 Å². The molecule has 1 unspecified atom stereocenters. The van der Waals surface area contributed by atoms with Gasteiger partial charge in [0, 0.05) is 5.92 Å². The van der Waals surface area contributed by atoms with Crippen molar-refractivity contribution in [3.05, 3.63) is 48.8 Å². The van der Waals surface area contributed by atoms with Crippen LogP contribution in [0, 0.1) is 5.92 Å². The molecular weight excluding hydrogens is 487 g/mol. The Morgan fingerprint density at radius 3 is 2.69 bits per heavy atom. The number of aromatic nitrogens is 4. The predicted molar refractivity (Wildman–Crippen MR) is 133 cm³/mol. The number of nitrogens with one attached hydrogen (secondary N) is 1. The monoisotopic (exact) mass is 516 g/mol. The molecule has 4 rings (SSSR count). The lowest BCUT2D eigenvalue weighted by atomic mass is 10.1. The minimum Gasteiger partial charge on any atom is -0.480 e. The van der Waals surface area contributed by atoms with Crippen molar-refractivity contribution in [2.75, 3.05) is 12.3 Å². The number of imidazole rings is 1. The average Bonchev–Trinajstić information content (AvgIpc) is 3.45. The van der Waals surface area contributed by atoms with Gasteiger partial charge in [0.15, 0.2) is 11.2 Å². The number of carboxylic acids is 1. The minimum absolute atomic E-state index is 0.0436. The standard InChI is InChI=1S/C23H29N6O6P/c1-14(2)34-21-19-20(26-23(24)27-21)29(13-25-19)17-10-9-16(11-17)12-33-36(32,28-15(3)22(30)31)35-18-7-5-4-6-8-18/h4-10,13-17H,11-12H2,1-3H3,(H,28,32)(H,30,31)(H2,24,26,27)/t15-,16+,17-,36?/m0/s1. The molecule has 0 bridgehead atoms. The van der Waals surface area contributed by atoms with Gasteiger partial charge < -0.3 is 24.7 Å². The Hall–Kier alpha value is -3.47. The number of hydrogen-bond donors (Lipinski definition) is 3. The van der Waals surface area contributed by atoms with Crippen molar-refractivity contribution in [2.45, 2.75) is 45.4 Å². The summed E-state index contributed by atoms with van der Waals surface area (Å²) in [6.07, 6.45) is 6.08. The molecule has 12 nitrogen and oxygen atoms in total. The van der Waals surface area contributed by atoms with Crippen molar-refractivity contribution in [3.63, 3.8) is 0 Å². The smallest absolute Gasteiger partial charge is 0.459 e. The molecule has 13 heteroatoms. The highest BCUT2D eigenvalue weighted by atomic mass is 31.2. The zero-order valence-corrected chi connectivity index (χ0v) is 21.0. The van der Waals surface area contributed by atoms with Gasteiger partial charge in [-0.2, -0.15) is 15.1 Å². The molecule has 1 aliphatic carbocycles. The Morgan fingerprint density at radius 2 is 2.00 bits per heavy atom. The van der Waals surface area contributed by atoms with Gasteiger partial charge in [-0.1, -0.05) is 30.4 Å². The third-order valence-electron chi connectivity index (χ3n) is 5.41. The maximum Gasteiger partial charge on any atom is 0.459 e. The highest BCUT2D eigenvalue weighted by Crippen LogP contribution is 2.46. The number of nitrogens with two attached hydrogens (primary N) is 1. The lowest BCUT2D eigenvalue weighted by Crippen LogP contribution is -2.33. The van der Waals surface area contributed by atoms with E-state index in [4.69, 9.17) is 19.5 Å². The average molecular weight is 516 g/mol. The molecular formula is C23H29N6O6P. The molecule has 2 aromatic heterocycles. The quantitative estimate of drug-likeness (QED) is 0.252. The maximum absolute atomic E-state index is 13.4. The summed E-state index contributed by atoms with van der Waals surface area (Å²) in [4.78, 5) is 24.3. The number of aliphatic carboxylic acids is 1. The first-order valence-electron chi connectivity index (χ1n) is 11.5. The topological polar surface area (TPSA) is 164 Å². The fourth-order valence-corrected chi connectivity index (χ4v) is 5.29. The van der Waals surface area contributed by atoms with E-state index in [1.54, 1.807) is 36.7 Å². The molecule has 4 N–H and O–H groups in total. The lowest BCUT2D eigenvalue weighted by molar-refractivity contribution is -0.138. The number of rotatable bonds is 11. The third kappa shape index (κ3) is 6.01. The van der Waals surface area contributed by atoms with Gasteiger partial charge in [-0.3, -0.25) is 9.32 Å². The second-order valence-electron chi connectivity index (χ2n) is 8.71. The summed E-state index contributed by atoms with van der Waals surface area (Å²) < 4.78 is 32.3. The van der Waals surface area contributed by atoms with Crippen LogP contribution >= 0.6 is 7.75 Å². The number of fused-ring (bicyclic) bond motifs is 1. The Bertz CT molecular complexity index is 1300. The van der Waals surface area contributed by atoms with E-state index in [1.807, 2.05) is 30.6 Å². The van der Waals surface area contributed by atoms with Crippen LogP contribution in [-0.4, -0.2) is 49.3 Å². The van der Waals surface area contributed by atoms with Crippen LogP contribution < -0.4 is 20.1 Å². The first-order valence-corrected chi connectivity index (χ1v) is 13.0. The van der Waals surface area contributed by atoms with Gasteiger partial charge >= 0.3 is 13.7 Å². The second kappa shape index (κ2) is 10.7. The number of hydrogen-bond acceptors (Lipinski definition) is 9. The summed E-state index contributed by atoms with van der Waals surface area (Å²) in [5, 5.41) is 11.7. The van der Waals surface area contributed by atoms with Crippen LogP contribution in [0.4, 0.5) is 5.95 Å². The largest absolute Gasteiger partial charge is 0.480 e. The molecule has 36 heavy (non-hydrogen) atoms. The summed E-state index contributed by atoms with van der Waals surface area (Å²) in [7, 11) is -3.99. The molecule has 0 fully saturated rings. The first kappa shape index (κ1) is 25.6. The van der Waals surface area contributed by atoms with Crippen LogP contribution in [0.5, 0.6) is 11.6 Å². The first-order chi connectivity index (χ1) is 17.1. The zero-order valence-electron chi connectivity index (χ0n) is 20.1. The van der Waals surface area contributed by atoms with Gasteiger partial charge in [-0.25, -0.2) is 9.55 Å². The van der Waals surface area contributed by atoms with E-state index in [9.17, 15) is 14.5 Å². The molecule has 3 aromatic rings. The van der Waals surface area contributed by atoms with Gasteiger partial charge in [-0.15, -0.1) is 0 Å². The number of para-hydroxylation sites is 1. The molecule has 0 aliphatic heterocycles. The van der Waals surface area contributed by atoms with Crippen molar-refractivity contribution < 1.29 is 28.3 Å². The summed E-state index contributed by atoms with van der Waals surface area (Å²) >= 11 is 0. The van der Waals surface area contributed by atoms with Gasteiger partial charge in [-0.05, 0) is 39.3 Å². The zero-order chi connectivity index (χ0) is 25.9. The van der Waals surface area contributed by atoms with Crippen molar-refractivity contribution in [1.82, 2.24) is 24.6 Å². The lowest BCUT2D eigenvalue weighted by Gasteiger charge is -2.23. The fraction of sp³-hybridized carbons (Fsp3) is 0.391. The molecule has 0 saturated carbocycles. The van der Waals surface area contributed by atoms with Crippen molar-refractivity contribution in [2.24, 2.45) is 5.92 Å². The molecule has 0 saturated heterocycles. The normalized spacial score (nSPS) is 19.9. The number of nitrogens with zero attached hydrogens (tertiary/aromatic N) is 4. The van der Waals surface area contributed by atoms with Gasteiger partial charge in [0.1, 0.15) is 11.8 Å². The SMILES string of the molecule is CC(C)Oc1nc(N)nc2c1ncn2[C@H]1C=C[C@@H](COP(=O)(N[C@@H](C)C(=O)O)Oc2ccccc2)C1. The number of carbonyl (C=O) groups is 1. The van der Waals surface area contributed by atoms with Crippen LogP contribution in [0.25, 0.3) is 11.2 Å². The Morgan fingerprint density at radius 1 is 1.25 bits per heavy atom. The van der Waals surface area contributed by atoms with E-state index in [-0.39, 0.29) is 30.6 Å². The van der Waals surface area contributed by atoms with E-state index < -0.39 is 19.8 Å². The number of anilines is 1. The van der Waals surface area contributed by atoms with Crippen LogP contribution in [0.1, 0.15) is 33.2 Å². The fourth-order valence-electron chi connectivity index (χ4n) is 3.73. The molecule has 1 aliphatic rings. The van der Waals surface area contributed by atoms with Crippen molar-refractivity contribution in [3.8, 4) is 11.6 Å². The van der Waals surface area contributed by atoms with E-state index in [0.29, 0.717) is 29.2 Å². The van der Waals surface area contributed by atoms with E-state index in [0.717, 1.165) is 0 Å². The molecule has 4 atom stereocenters. The highest BCUT2D eigenvalue weighted by molar-refractivity contribution is 7.52. The number of benzene rings is 1. The number of nitrogen functional groups attached to an aromatic ring is 1. The van der Waals surface area contributed by atoms with Crippen molar-refractivity contribution in [1.29, 1.82) is 0 Å². The van der Waals surface area contributed by atoms with Crippen LogP contribution in [0.3, 0.4) is 0 Å². The molecule has 192 valence electrons. The molecule has 1 aromatic carbocycles. The number of carboxylic acid groups (broad SMARTS) is 1. The minimum atomic E-state index is -3.99. The summed E-state index contributed by atoms with van der Waals surface area (Å²) in [6, 6.07) is 7.20. The summed E-state index contributed by atoms with van der Waals surface area (Å²) in [5.74, 6) is -0.588. The van der Waals surface area contributed by atoms with E-state index in [2.05, 4.69) is 20.0 Å². The van der Waals surface area contributed by atoms with Gasteiger partial charge in [0.25, 0.3) is 0 Å². The predicted octanol–water partition coefficient (Wildman–Crippen LogP) is 3.58. The third-order valence-corrected chi connectivity index (χ3v) is 7.05. The number of allylic oxidation sites excluding steroid dienone is 1. The van der Waals surface area contributed by atoms with Crippen LogP contribution in [0.15, 0.2) is 48.8 Å². The van der Waals surface area contributed by atoms with Gasteiger partial charge in [0.05, 0.1) is 25.1 Å². The van der Waals surface area contributed by atoms with E-state index >= 15 is 0 Å². The molecule has 0 radical (unpaired) electrons. The second-order valence-corrected chi connectivity index (χ2v) is 10.4. The van der Waals surface area contributed by atoms with Crippen LogP contribution in [0.2, 0.25) is 0 Å². The molecule has 0 amide bonds.